The first-order chi connectivity index (χ1) is 15.3. The molecule has 0 bridgehead atoms. The molecule has 2 N–H and O–H groups in total. The average Bonchev–Trinajstić information content (AvgIpc) is 2.74. The Balaban J connectivity index is 0.000000913. The molecule has 1 amide bonds. The van der Waals surface area contributed by atoms with Gasteiger partial charge in [0.2, 0.25) is 0 Å². The lowest BCUT2D eigenvalue weighted by Gasteiger charge is -2.27. The fourth-order valence-corrected chi connectivity index (χ4v) is 3.34. The number of carbonyl (C=O) groups is 2. The van der Waals surface area contributed by atoms with Gasteiger partial charge in [-0.2, -0.15) is 13.2 Å². The molecule has 1 aliphatic carbocycles. The first kappa shape index (κ1) is 23.1. The molecule has 0 saturated heterocycles. The number of carboxylic acid groups (broad SMARTS) is 1. The summed E-state index contributed by atoms with van der Waals surface area (Å²) in [4.78, 5) is 21.1. The highest BCUT2D eigenvalue weighted by atomic mass is 19.4. The van der Waals surface area contributed by atoms with Gasteiger partial charge in [0.1, 0.15) is 12.4 Å². The van der Waals surface area contributed by atoms with Crippen LogP contribution in [0.3, 0.4) is 0 Å². The highest BCUT2D eigenvalue weighted by Gasteiger charge is 2.30. The second kappa shape index (κ2) is 10.2. The molecule has 0 spiro atoms. The predicted molar refractivity (Wildman–Crippen MR) is 114 cm³/mol. The summed E-state index contributed by atoms with van der Waals surface area (Å²) < 4.78 is 44.2. The van der Waals surface area contributed by atoms with Crippen molar-refractivity contribution in [3.8, 4) is 5.75 Å². The van der Waals surface area contributed by atoms with E-state index in [4.69, 9.17) is 14.6 Å². The Morgan fingerprint density at radius 3 is 2.31 bits per heavy atom. The zero-order valence-electron chi connectivity index (χ0n) is 17.1. The van der Waals surface area contributed by atoms with Crippen LogP contribution in [0.1, 0.15) is 40.7 Å². The van der Waals surface area contributed by atoms with Crippen molar-refractivity contribution in [2.75, 3.05) is 0 Å². The molecule has 32 heavy (non-hydrogen) atoms. The number of amides is 1. The summed E-state index contributed by atoms with van der Waals surface area (Å²) in [7, 11) is 0. The van der Waals surface area contributed by atoms with Gasteiger partial charge in [0, 0.05) is 11.4 Å². The molecule has 1 saturated carbocycles. The van der Waals surface area contributed by atoms with Gasteiger partial charge < -0.3 is 15.2 Å². The van der Waals surface area contributed by atoms with Crippen LogP contribution in [-0.2, 0) is 17.6 Å². The topological polar surface area (TPSA) is 75.6 Å². The van der Waals surface area contributed by atoms with E-state index in [1.807, 2.05) is 30.3 Å². The molecule has 1 fully saturated rings. The number of alkyl halides is 3. The zero-order valence-corrected chi connectivity index (χ0v) is 17.1. The minimum atomic E-state index is -4.37. The van der Waals surface area contributed by atoms with Gasteiger partial charge in [-0.25, -0.2) is 0 Å². The summed E-state index contributed by atoms with van der Waals surface area (Å²) in [5.41, 5.74) is 0.325. The average molecular weight is 445 g/mol. The number of hydrogen-bond acceptors (Lipinski definition) is 3. The van der Waals surface area contributed by atoms with Crippen molar-refractivity contribution in [1.29, 1.82) is 0 Å². The van der Waals surface area contributed by atoms with Crippen molar-refractivity contribution in [1.82, 2.24) is 5.32 Å². The maximum atomic E-state index is 12.8. The molecule has 0 unspecified atom stereocenters. The largest absolute Gasteiger partial charge is 0.487 e. The minimum absolute atomic E-state index is 0.0653. The Morgan fingerprint density at radius 2 is 1.72 bits per heavy atom. The molecule has 3 aromatic carbocycles. The van der Waals surface area contributed by atoms with Crippen LogP contribution in [-0.4, -0.2) is 23.5 Å². The molecule has 4 rings (SSSR count). The second-order valence-electron chi connectivity index (χ2n) is 7.35. The molecular weight excluding hydrogens is 423 g/mol. The number of fused-ring (bicyclic) bond motifs is 1. The lowest BCUT2D eigenvalue weighted by Crippen LogP contribution is -2.39. The Bertz CT molecular complexity index is 1080. The van der Waals surface area contributed by atoms with E-state index < -0.39 is 11.7 Å². The molecule has 0 atom stereocenters. The van der Waals surface area contributed by atoms with Gasteiger partial charge in [-0.3, -0.25) is 9.59 Å². The van der Waals surface area contributed by atoms with Gasteiger partial charge >= 0.3 is 6.18 Å². The van der Waals surface area contributed by atoms with Crippen LogP contribution >= 0.6 is 0 Å². The highest BCUT2D eigenvalue weighted by Crippen LogP contribution is 2.32. The molecule has 3 aromatic rings. The van der Waals surface area contributed by atoms with E-state index in [0.717, 1.165) is 42.2 Å². The van der Waals surface area contributed by atoms with E-state index >= 15 is 0 Å². The lowest BCUT2D eigenvalue weighted by molar-refractivity contribution is -0.137. The molecule has 0 radical (unpaired) electrons. The summed E-state index contributed by atoms with van der Waals surface area (Å²) in [6, 6.07) is 16.2. The number of nitrogens with one attached hydrogen (secondary N) is 1. The van der Waals surface area contributed by atoms with Gasteiger partial charge in [0.05, 0.1) is 11.1 Å². The summed E-state index contributed by atoms with van der Waals surface area (Å²) in [6.07, 6.45) is -1.32. The maximum absolute atomic E-state index is 12.8. The van der Waals surface area contributed by atoms with Crippen molar-refractivity contribution in [2.45, 2.75) is 38.1 Å². The Kier molecular flexibility index (Phi) is 7.35. The third kappa shape index (κ3) is 5.57. The van der Waals surface area contributed by atoms with Crippen LogP contribution in [0.4, 0.5) is 13.2 Å². The van der Waals surface area contributed by atoms with Gasteiger partial charge in [-0.15, -0.1) is 0 Å². The van der Waals surface area contributed by atoms with Crippen LogP contribution in [0, 0.1) is 0 Å². The lowest BCUT2D eigenvalue weighted by atomic mass is 9.92. The van der Waals surface area contributed by atoms with Gasteiger partial charge in [-0.05, 0) is 48.4 Å². The van der Waals surface area contributed by atoms with Gasteiger partial charge in [-0.1, -0.05) is 42.5 Å². The Morgan fingerprint density at radius 1 is 1.06 bits per heavy atom. The zero-order chi connectivity index (χ0) is 23.1. The molecule has 8 heteroatoms. The number of halogens is 3. The van der Waals surface area contributed by atoms with E-state index in [9.17, 15) is 18.0 Å². The first-order valence-corrected chi connectivity index (χ1v) is 10.0. The minimum Gasteiger partial charge on any atom is -0.487 e. The molecule has 0 aliphatic heterocycles. The van der Waals surface area contributed by atoms with Gasteiger partial charge in [0.25, 0.3) is 12.4 Å². The molecule has 0 aromatic heterocycles. The van der Waals surface area contributed by atoms with Crippen LogP contribution in [0.2, 0.25) is 0 Å². The highest BCUT2D eigenvalue weighted by molar-refractivity contribution is 6.04. The molecular formula is C24H22F3NO4. The summed E-state index contributed by atoms with van der Waals surface area (Å²) in [5.74, 6) is 0.252. The van der Waals surface area contributed by atoms with Crippen molar-refractivity contribution in [2.24, 2.45) is 0 Å². The SMILES string of the molecule is O=C(NC1CCC1)c1ccc2ccccc2c1OCc1ccc(C(F)(F)F)cc1.O=CO. The standard InChI is InChI=1S/C23H20F3NO2.CH2O2/c24-23(25,26)17-11-8-15(9-12-17)14-29-21-19-7-2-1-4-16(19)10-13-20(21)22(28)27-18-5-3-6-18;2-1-3/h1-2,4,7-13,18H,3,5-6,14H2,(H,27,28);1H,(H,2,3). The molecule has 5 nitrogen and oxygen atoms in total. The summed E-state index contributed by atoms with van der Waals surface area (Å²) in [5, 5.41) is 11.6. The smallest absolute Gasteiger partial charge is 0.416 e. The second-order valence-corrected chi connectivity index (χ2v) is 7.35. The van der Waals surface area contributed by atoms with E-state index in [0.29, 0.717) is 16.9 Å². The van der Waals surface area contributed by atoms with Crippen LogP contribution in [0.25, 0.3) is 10.8 Å². The normalized spacial score (nSPS) is 13.5. The van der Waals surface area contributed by atoms with Crippen molar-refractivity contribution in [3.63, 3.8) is 0 Å². The fraction of sp³-hybridized carbons (Fsp3) is 0.250. The number of benzene rings is 3. The quantitative estimate of drug-likeness (QED) is 0.514. The third-order valence-corrected chi connectivity index (χ3v) is 5.23. The number of ether oxygens (including phenoxy) is 1. The first-order valence-electron chi connectivity index (χ1n) is 10.0. The van der Waals surface area contributed by atoms with E-state index in [1.165, 1.54) is 12.1 Å². The van der Waals surface area contributed by atoms with E-state index in [2.05, 4.69) is 5.32 Å². The third-order valence-electron chi connectivity index (χ3n) is 5.23. The Labute approximate surface area is 182 Å². The number of carbonyl (C=O) groups excluding carboxylic acids is 1. The van der Waals surface area contributed by atoms with E-state index in [-0.39, 0.29) is 25.0 Å². The van der Waals surface area contributed by atoms with Crippen molar-refractivity contribution < 1.29 is 32.6 Å². The van der Waals surface area contributed by atoms with Crippen LogP contribution in [0.5, 0.6) is 5.75 Å². The molecule has 1 aliphatic rings. The summed E-state index contributed by atoms with van der Waals surface area (Å²) in [6.45, 7) is -0.185. The number of rotatable bonds is 5. The predicted octanol–water partition coefficient (Wildman–Crippen LogP) is 5.42. The summed E-state index contributed by atoms with van der Waals surface area (Å²) >= 11 is 0. The molecule has 168 valence electrons. The van der Waals surface area contributed by atoms with Crippen molar-refractivity contribution in [3.05, 3.63) is 77.4 Å². The monoisotopic (exact) mass is 445 g/mol. The van der Waals surface area contributed by atoms with Crippen molar-refractivity contribution >= 4 is 23.2 Å². The Hall–Kier alpha value is -3.55. The number of hydrogen-bond donors (Lipinski definition) is 2. The maximum Gasteiger partial charge on any atom is 0.416 e. The van der Waals surface area contributed by atoms with Crippen LogP contribution in [0.15, 0.2) is 60.7 Å². The van der Waals surface area contributed by atoms with E-state index in [1.54, 1.807) is 6.07 Å². The van der Waals surface area contributed by atoms with Gasteiger partial charge in [0.15, 0.2) is 0 Å². The molecule has 0 heterocycles. The fourth-order valence-electron chi connectivity index (χ4n) is 3.34. The van der Waals surface area contributed by atoms with Crippen LogP contribution < -0.4 is 10.1 Å².